The predicted molar refractivity (Wildman–Crippen MR) is 84.5 cm³/mol. The third kappa shape index (κ3) is 4.30. The third-order valence-electron chi connectivity index (χ3n) is 4.93. The summed E-state index contributed by atoms with van der Waals surface area (Å²) < 4.78 is 24.7. The molecule has 4 nitrogen and oxygen atoms in total. The largest absolute Gasteiger partial charge is 0.381 e. The summed E-state index contributed by atoms with van der Waals surface area (Å²) in [6, 6.07) is 6.56. The van der Waals surface area contributed by atoms with E-state index < -0.39 is 0 Å². The van der Waals surface area contributed by atoms with Gasteiger partial charge in [-0.2, -0.15) is 0 Å². The summed E-state index contributed by atoms with van der Waals surface area (Å²) in [5.41, 5.74) is 0.444. The molecular weight excluding hydrogens is 297 g/mol. The maximum atomic E-state index is 13.7. The molecule has 2 atom stereocenters. The van der Waals surface area contributed by atoms with E-state index >= 15 is 0 Å². The molecule has 0 aromatic heterocycles. The topological polar surface area (TPSA) is 47.6 Å². The van der Waals surface area contributed by atoms with Crippen molar-refractivity contribution in [2.45, 2.75) is 31.7 Å². The summed E-state index contributed by atoms with van der Waals surface area (Å²) in [5.74, 6) is 0.426. The van der Waals surface area contributed by atoms with E-state index in [1.54, 1.807) is 18.2 Å². The first-order chi connectivity index (χ1) is 11.2. The van der Waals surface area contributed by atoms with Gasteiger partial charge in [-0.3, -0.25) is 4.79 Å². The minimum atomic E-state index is -0.324. The second-order valence-electron chi connectivity index (χ2n) is 6.42. The van der Waals surface area contributed by atoms with Crippen LogP contribution in [0.25, 0.3) is 0 Å². The average molecular weight is 321 g/mol. The van der Waals surface area contributed by atoms with Crippen molar-refractivity contribution in [2.75, 3.05) is 26.4 Å². The highest BCUT2D eigenvalue weighted by Gasteiger charge is 2.34. The van der Waals surface area contributed by atoms with Gasteiger partial charge < -0.3 is 14.8 Å². The van der Waals surface area contributed by atoms with E-state index in [1.165, 1.54) is 6.07 Å². The van der Waals surface area contributed by atoms with Gasteiger partial charge in [0.25, 0.3) is 0 Å². The molecule has 2 saturated heterocycles. The maximum Gasteiger partial charge on any atom is 0.224 e. The molecule has 2 heterocycles. The van der Waals surface area contributed by atoms with E-state index in [0.29, 0.717) is 30.6 Å². The van der Waals surface area contributed by atoms with Crippen molar-refractivity contribution in [2.24, 2.45) is 11.8 Å². The van der Waals surface area contributed by atoms with Crippen LogP contribution >= 0.6 is 0 Å². The SMILES string of the molecule is O=C(Cc1ccccc1F)N[C@@H]1CCOC[C@@H]1C1CCOCC1. The van der Waals surface area contributed by atoms with E-state index in [2.05, 4.69) is 5.32 Å². The molecule has 1 amide bonds. The molecule has 0 unspecified atom stereocenters. The first-order valence-corrected chi connectivity index (χ1v) is 8.42. The van der Waals surface area contributed by atoms with Crippen molar-refractivity contribution in [1.29, 1.82) is 0 Å². The van der Waals surface area contributed by atoms with E-state index in [0.717, 1.165) is 32.5 Å². The molecule has 2 aliphatic heterocycles. The van der Waals surface area contributed by atoms with Crippen molar-refractivity contribution in [3.8, 4) is 0 Å². The number of carbonyl (C=O) groups is 1. The van der Waals surface area contributed by atoms with Crippen LogP contribution in [0, 0.1) is 17.7 Å². The van der Waals surface area contributed by atoms with E-state index in [1.807, 2.05) is 0 Å². The molecule has 23 heavy (non-hydrogen) atoms. The summed E-state index contributed by atoms with van der Waals surface area (Å²) in [6.07, 6.45) is 2.96. The van der Waals surface area contributed by atoms with Crippen LogP contribution in [0.15, 0.2) is 24.3 Å². The lowest BCUT2D eigenvalue weighted by atomic mass is 9.79. The molecule has 5 heteroatoms. The minimum Gasteiger partial charge on any atom is -0.381 e. The fourth-order valence-corrected chi connectivity index (χ4v) is 3.62. The Bertz CT molecular complexity index is 531. The Kier molecular flexibility index (Phi) is 5.62. The van der Waals surface area contributed by atoms with Gasteiger partial charge in [-0.1, -0.05) is 18.2 Å². The minimum absolute atomic E-state index is 0.0878. The van der Waals surface area contributed by atoms with Gasteiger partial charge >= 0.3 is 0 Å². The fraction of sp³-hybridized carbons (Fsp3) is 0.611. The summed E-state index contributed by atoms with van der Waals surface area (Å²) in [5, 5.41) is 3.12. The lowest BCUT2D eigenvalue weighted by Gasteiger charge is -2.39. The number of hydrogen-bond donors (Lipinski definition) is 1. The first kappa shape index (κ1) is 16.4. The highest BCUT2D eigenvalue weighted by molar-refractivity contribution is 5.79. The molecular formula is C18H24FNO3. The van der Waals surface area contributed by atoms with Crippen LogP contribution in [-0.4, -0.2) is 38.4 Å². The van der Waals surface area contributed by atoms with Gasteiger partial charge in [-0.25, -0.2) is 4.39 Å². The van der Waals surface area contributed by atoms with Crippen molar-refractivity contribution in [3.63, 3.8) is 0 Å². The number of nitrogens with one attached hydrogen (secondary N) is 1. The zero-order valence-electron chi connectivity index (χ0n) is 13.3. The van der Waals surface area contributed by atoms with Crippen LogP contribution in [0.2, 0.25) is 0 Å². The Labute approximate surface area is 136 Å². The Morgan fingerprint density at radius 1 is 1.13 bits per heavy atom. The number of halogens is 1. The lowest BCUT2D eigenvalue weighted by molar-refractivity contribution is -0.123. The molecule has 0 bridgehead atoms. The van der Waals surface area contributed by atoms with Gasteiger partial charge in [0, 0.05) is 31.8 Å². The number of amides is 1. The van der Waals surface area contributed by atoms with Crippen LogP contribution in [-0.2, 0) is 20.7 Å². The summed E-state index contributed by atoms with van der Waals surface area (Å²) >= 11 is 0. The summed E-state index contributed by atoms with van der Waals surface area (Å²) in [6.45, 7) is 2.94. The quantitative estimate of drug-likeness (QED) is 0.926. The molecule has 0 spiro atoms. The van der Waals surface area contributed by atoms with E-state index in [-0.39, 0.29) is 24.2 Å². The molecule has 0 radical (unpaired) electrons. The van der Waals surface area contributed by atoms with Crippen molar-refractivity contribution in [3.05, 3.63) is 35.6 Å². The Morgan fingerprint density at radius 3 is 2.65 bits per heavy atom. The number of benzene rings is 1. The smallest absolute Gasteiger partial charge is 0.224 e. The molecule has 1 aromatic rings. The molecule has 0 saturated carbocycles. The Hall–Kier alpha value is -1.46. The number of hydrogen-bond acceptors (Lipinski definition) is 3. The Balaban J connectivity index is 1.60. The maximum absolute atomic E-state index is 13.7. The monoisotopic (exact) mass is 321 g/mol. The molecule has 0 aliphatic carbocycles. The van der Waals surface area contributed by atoms with Gasteiger partial charge in [-0.05, 0) is 36.8 Å². The number of ether oxygens (including phenoxy) is 2. The zero-order valence-corrected chi connectivity index (χ0v) is 13.3. The van der Waals surface area contributed by atoms with Gasteiger partial charge in [0.1, 0.15) is 5.82 Å². The summed E-state index contributed by atoms with van der Waals surface area (Å²) in [4.78, 5) is 12.3. The lowest BCUT2D eigenvalue weighted by Crippen LogP contribution is -2.49. The van der Waals surface area contributed by atoms with Gasteiger partial charge in [0.05, 0.1) is 13.0 Å². The van der Waals surface area contributed by atoms with Crippen LogP contribution in [0.4, 0.5) is 4.39 Å². The van der Waals surface area contributed by atoms with E-state index in [4.69, 9.17) is 9.47 Å². The standard InChI is InChI=1S/C18H24FNO3/c19-16-4-2-1-3-14(16)11-18(21)20-17-7-10-23-12-15(17)13-5-8-22-9-6-13/h1-4,13,15,17H,5-12H2,(H,20,21)/t15-,17-/m1/s1. The van der Waals surface area contributed by atoms with Crippen LogP contribution in [0.5, 0.6) is 0 Å². The highest BCUT2D eigenvalue weighted by Crippen LogP contribution is 2.30. The van der Waals surface area contributed by atoms with Crippen molar-refractivity contribution < 1.29 is 18.7 Å². The average Bonchev–Trinajstić information content (AvgIpc) is 2.58. The molecule has 1 aromatic carbocycles. The van der Waals surface area contributed by atoms with Crippen molar-refractivity contribution >= 4 is 5.91 Å². The first-order valence-electron chi connectivity index (χ1n) is 8.42. The number of carbonyl (C=O) groups excluding carboxylic acids is 1. The fourth-order valence-electron chi connectivity index (χ4n) is 3.62. The molecule has 3 rings (SSSR count). The molecule has 2 aliphatic rings. The van der Waals surface area contributed by atoms with Gasteiger partial charge in [0.15, 0.2) is 0 Å². The molecule has 126 valence electrons. The van der Waals surface area contributed by atoms with Crippen LogP contribution < -0.4 is 5.32 Å². The molecule has 2 fully saturated rings. The van der Waals surface area contributed by atoms with Gasteiger partial charge in [0.2, 0.25) is 5.91 Å². The highest BCUT2D eigenvalue weighted by atomic mass is 19.1. The summed E-state index contributed by atoms with van der Waals surface area (Å²) in [7, 11) is 0. The third-order valence-corrected chi connectivity index (χ3v) is 4.93. The predicted octanol–water partition coefficient (Wildman–Crippen LogP) is 2.32. The second-order valence-corrected chi connectivity index (χ2v) is 6.42. The van der Waals surface area contributed by atoms with Crippen molar-refractivity contribution in [1.82, 2.24) is 5.32 Å². The second kappa shape index (κ2) is 7.88. The van der Waals surface area contributed by atoms with E-state index in [9.17, 15) is 9.18 Å². The van der Waals surface area contributed by atoms with Gasteiger partial charge in [-0.15, -0.1) is 0 Å². The van der Waals surface area contributed by atoms with Crippen LogP contribution in [0.3, 0.4) is 0 Å². The zero-order chi connectivity index (χ0) is 16.1. The number of rotatable bonds is 4. The normalized spacial score (nSPS) is 26.0. The Morgan fingerprint density at radius 2 is 1.87 bits per heavy atom. The van der Waals surface area contributed by atoms with Crippen LogP contribution in [0.1, 0.15) is 24.8 Å². The molecule has 1 N–H and O–H groups in total.